The quantitative estimate of drug-likeness (QED) is 0.316. The van der Waals surface area contributed by atoms with Gasteiger partial charge in [0.25, 0.3) is 0 Å². The zero-order chi connectivity index (χ0) is 28.6. The number of likely N-dealkylation sites (N-methyl/N-ethyl adjacent to an activating group) is 1. The van der Waals surface area contributed by atoms with Crippen LogP contribution in [0.15, 0.2) is 67.3 Å². The molecule has 9 heteroatoms. The zero-order valence-corrected chi connectivity index (χ0v) is 24.1. The summed E-state index contributed by atoms with van der Waals surface area (Å²) in [7, 11) is 3.85. The second-order valence-corrected chi connectivity index (χ2v) is 10.5. The molecule has 2 fully saturated rings. The lowest BCUT2D eigenvalue weighted by Gasteiger charge is -2.34. The smallest absolute Gasteiger partial charge is 0.247 e. The van der Waals surface area contributed by atoms with Gasteiger partial charge in [0, 0.05) is 62.8 Å². The summed E-state index contributed by atoms with van der Waals surface area (Å²) in [5.74, 6) is 2.23. The Morgan fingerprint density at radius 2 is 1.71 bits per heavy atom. The van der Waals surface area contributed by atoms with Gasteiger partial charge < -0.3 is 34.8 Å². The number of hydrogen-bond donors (Lipinski definition) is 2. The standard InChI is InChI=1S/C32H40N6O3/c1-4-31(39)33-24-10-9-11-26(22-24)41-32-28(38-16-7-5-6-8-17-38)14-15-30(35-32)34-27-13-12-25(23-29(27)40-3)37-20-18-36(2)19-21-37/h4,9-15,22-23H,1,5-8,16-21H2,2-3H3,(H,33,39)(H,34,35). The SMILES string of the molecule is C=CC(=O)Nc1cccc(Oc2nc(Nc3ccc(N4CCN(C)CC4)cc3OC)ccc2N2CCCCCC2)c1. The molecule has 0 spiro atoms. The number of anilines is 5. The molecule has 0 saturated carbocycles. The van der Waals surface area contributed by atoms with Crippen LogP contribution in [0.1, 0.15) is 25.7 Å². The van der Waals surface area contributed by atoms with Crippen LogP contribution in [0.2, 0.25) is 0 Å². The first kappa shape index (κ1) is 28.3. The van der Waals surface area contributed by atoms with Gasteiger partial charge in [0.15, 0.2) is 0 Å². The van der Waals surface area contributed by atoms with E-state index in [-0.39, 0.29) is 5.91 Å². The van der Waals surface area contributed by atoms with Crippen LogP contribution >= 0.6 is 0 Å². The zero-order valence-electron chi connectivity index (χ0n) is 24.1. The highest BCUT2D eigenvalue weighted by Crippen LogP contribution is 2.37. The molecule has 2 aromatic carbocycles. The van der Waals surface area contributed by atoms with Crippen molar-refractivity contribution < 1.29 is 14.3 Å². The minimum Gasteiger partial charge on any atom is -0.494 e. The third-order valence-corrected chi connectivity index (χ3v) is 7.60. The van der Waals surface area contributed by atoms with Crippen LogP contribution in [0.25, 0.3) is 0 Å². The maximum absolute atomic E-state index is 11.8. The van der Waals surface area contributed by atoms with Crippen molar-refractivity contribution in [3.8, 4) is 17.4 Å². The van der Waals surface area contributed by atoms with E-state index >= 15 is 0 Å². The number of carbonyl (C=O) groups is 1. The number of nitrogens with one attached hydrogen (secondary N) is 2. The summed E-state index contributed by atoms with van der Waals surface area (Å²) in [6.45, 7) is 9.52. The third-order valence-electron chi connectivity index (χ3n) is 7.60. The van der Waals surface area contributed by atoms with Gasteiger partial charge in [0.05, 0.1) is 12.8 Å². The Hall–Kier alpha value is -4.24. The first-order valence-electron chi connectivity index (χ1n) is 14.4. The lowest BCUT2D eigenvalue weighted by Crippen LogP contribution is -2.44. The van der Waals surface area contributed by atoms with Crippen molar-refractivity contribution >= 4 is 34.5 Å². The number of ether oxygens (including phenoxy) is 2. The average molecular weight is 557 g/mol. The van der Waals surface area contributed by atoms with Gasteiger partial charge in [-0.3, -0.25) is 4.79 Å². The molecule has 0 unspecified atom stereocenters. The Labute approximate surface area is 242 Å². The van der Waals surface area contributed by atoms with Crippen molar-refractivity contribution in [1.29, 1.82) is 0 Å². The summed E-state index contributed by atoms with van der Waals surface area (Å²) in [6, 6.07) is 17.6. The van der Waals surface area contributed by atoms with Crippen LogP contribution in [0.3, 0.4) is 0 Å². The molecular weight excluding hydrogens is 516 g/mol. The summed E-state index contributed by atoms with van der Waals surface area (Å²) in [6.07, 6.45) is 5.98. The van der Waals surface area contributed by atoms with E-state index in [1.54, 1.807) is 13.2 Å². The molecule has 2 aliphatic heterocycles. The van der Waals surface area contributed by atoms with Crippen molar-refractivity contribution in [2.45, 2.75) is 25.7 Å². The average Bonchev–Trinajstić information content (AvgIpc) is 3.28. The van der Waals surface area contributed by atoms with E-state index in [1.165, 1.54) is 18.9 Å². The topological polar surface area (TPSA) is 82.2 Å². The summed E-state index contributed by atoms with van der Waals surface area (Å²) in [4.78, 5) is 23.8. The van der Waals surface area contributed by atoms with Crippen molar-refractivity contribution in [2.75, 3.05) is 73.9 Å². The number of carbonyl (C=O) groups excluding carboxylic acids is 1. The number of amides is 1. The van der Waals surface area contributed by atoms with E-state index in [4.69, 9.17) is 14.5 Å². The van der Waals surface area contributed by atoms with Gasteiger partial charge in [-0.2, -0.15) is 4.98 Å². The number of methoxy groups -OCH3 is 1. The van der Waals surface area contributed by atoms with Crippen molar-refractivity contribution in [2.24, 2.45) is 0 Å². The molecule has 2 aliphatic rings. The molecule has 0 bridgehead atoms. The predicted molar refractivity (Wildman–Crippen MR) is 166 cm³/mol. The Kier molecular flexibility index (Phi) is 9.26. The molecule has 216 valence electrons. The number of hydrogen-bond acceptors (Lipinski definition) is 8. The van der Waals surface area contributed by atoms with E-state index < -0.39 is 0 Å². The van der Waals surface area contributed by atoms with Crippen LogP contribution in [-0.2, 0) is 4.79 Å². The van der Waals surface area contributed by atoms with Crippen LogP contribution in [0.4, 0.5) is 28.6 Å². The molecule has 0 radical (unpaired) electrons. The fourth-order valence-electron chi connectivity index (χ4n) is 5.25. The monoisotopic (exact) mass is 556 g/mol. The maximum atomic E-state index is 11.8. The number of nitrogens with zero attached hydrogens (tertiary/aromatic N) is 4. The lowest BCUT2D eigenvalue weighted by atomic mass is 10.2. The van der Waals surface area contributed by atoms with Gasteiger partial charge in [-0.05, 0) is 62.4 Å². The minimum atomic E-state index is -0.274. The molecule has 2 N–H and O–H groups in total. The largest absolute Gasteiger partial charge is 0.494 e. The van der Waals surface area contributed by atoms with Crippen LogP contribution in [-0.4, -0.2) is 69.2 Å². The van der Waals surface area contributed by atoms with E-state index in [2.05, 4.69) is 57.2 Å². The Bertz CT molecular complexity index is 1350. The van der Waals surface area contributed by atoms with Crippen LogP contribution < -0.4 is 29.9 Å². The Morgan fingerprint density at radius 3 is 2.44 bits per heavy atom. The van der Waals surface area contributed by atoms with Crippen LogP contribution in [0, 0.1) is 0 Å². The summed E-state index contributed by atoms with van der Waals surface area (Å²) < 4.78 is 12.2. The van der Waals surface area contributed by atoms with E-state index in [0.717, 1.165) is 74.9 Å². The molecule has 5 rings (SSSR count). The van der Waals surface area contributed by atoms with Gasteiger partial charge in [-0.25, -0.2) is 0 Å². The number of benzene rings is 2. The molecule has 2 saturated heterocycles. The van der Waals surface area contributed by atoms with Gasteiger partial charge in [-0.15, -0.1) is 0 Å². The second kappa shape index (κ2) is 13.4. The number of pyridine rings is 1. The molecule has 3 aromatic rings. The van der Waals surface area contributed by atoms with E-state index in [1.807, 2.05) is 30.3 Å². The Balaban J connectivity index is 1.41. The fourth-order valence-corrected chi connectivity index (χ4v) is 5.25. The summed E-state index contributed by atoms with van der Waals surface area (Å²) >= 11 is 0. The van der Waals surface area contributed by atoms with E-state index in [9.17, 15) is 4.79 Å². The molecule has 9 nitrogen and oxygen atoms in total. The highest BCUT2D eigenvalue weighted by Gasteiger charge is 2.19. The normalized spacial score (nSPS) is 16.0. The number of rotatable bonds is 9. The van der Waals surface area contributed by atoms with Crippen molar-refractivity contribution in [3.63, 3.8) is 0 Å². The molecule has 3 heterocycles. The first-order chi connectivity index (χ1) is 20.0. The van der Waals surface area contributed by atoms with Crippen molar-refractivity contribution in [3.05, 3.63) is 67.3 Å². The highest BCUT2D eigenvalue weighted by molar-refractivity contribution is 5.98. The number of aromatic nitrogens is 1. The number of piperazine rings is 1. The van der Waals surface area contributed by atoms with Crippen LogP contribution in [0.5, 0.6) is 17.4 Å². The van der Waals surface area contributed by atoms with Gasteiger partial charge in [0.2, 0.25) is 11.8 Å². The second-order valence-electron chi connectivity index (χ2n) is 10.5. The molecule has 0 atom stereocenters. The van der Waals surface area contributed by atoms with Gasteiger partial charge >= 0.3 is 0 Å². The van der Waals surface area contributed by atoms with Crippen molar-refractivity contribution in [1.82, 2.24) is 9.88 Å². The first-order valence-corrected chi connectivity index (χ1v) is 14.4. The van der Waals surface area contributed by atoms with Gasteiger partial charge in [-0.1, -0.05) is 25.5 Å². The van der Waals surface area contributed by atoms with E-state index in [0.29, 0.717) is 23.1 Å². The molecule has 0 aliphatic carbocycles. The van der Waals surface area contributed by atoms with Gasteiger partial charge in [0.1, 0.15) is 23.0 Å². The highest BCUT2D eigenvalue weighted by atomic mass is 16.5. The maximum Gasteiger partial charge on any atom is 0.247 e. The molecule has 1 aromatic heterocycles. The third kappa shape index (κ3) is 7.29. The molecule has 41 heavy (non-hydrogen) atoms. The summed E-state index contributed by atoms with van der Waals surface area (Å²) in [5, 5.41) is 6.24. The predicted octanol–water partition coefficient (Wildman–Crippen LogP) is 5.88. The molecule has 1 amide bonds. The minimum absolute atomic E-state index is 0.274. The molecular formula is C32H40N6O3. The lowest BCUT2D eigenvalue weighted by molar-refractivity contribution is -0.111. The fraction of sp³-hybridized carbons (Fsp3) is 0.375. The Morgan fingerprint density at radius 1 is 0.927 bits per heavy atom. The summed E-state index contributed by atoms with van der Waals surface area (Å²) in [5.41, 5.74) is 3.57.